The Balaban J connectivity index is 1.85. The molecule has 0 amide bonds. The van der Waals surface area contributed by atoms with E-state index in [0.29, 0.717) is 11.6 Å². The summed E-state index contributed by atoms with van der Waals surface area (Å²) in [6, 6.07) is 8.12. The van der Waals surface area contributed by atoms with E-state index in [9.17, 15) is 4.79 Å². The number of aromatic nitrogens is 1. The number of amidine groups is 1. The first kappa shape index (κ1) is 17.6. The maximum Gasteiger partial charge on any atom is 0.179 e. The molecule has 0 spiro atoms. The third kappa shape index (κ3) is 3.73. The van der Waals surface area contributed by atoms with Crippen molar-refractivity contribution in [1.29, 1.82) is 0 Å². The second-order valence-electron chi connectivity index (χ2n) is 6.00. The van der Waals surface area contributed by atoms with Crippen LogP contribution >= 0.6 is 39.0 Å². The van der Waals surface area contributed by atoms with Crippen LogP contribution in [0.2, 0.25) is 0 Å². The van der Waals surface area contributed by atoms with Gasteiger partial charge in [-0.25, -0.2) is 4.98 Å². The lowest BCUT2D eigenvalue weighted by atomic mass is 9.88. The molecule has 0 radical (unpaired) electrons. The molecule has 1 aliphatic heterocycles. The van der Waals surface area contributed by atoms with Crippen LogP contribution in [0.15, 0.2) is 33.2 Å². The largest absolute Gasteiger partial charge is 0.379 e. The number of aryl methyl sites for hydroxylation is 1. The fourth-order valence-corrected chi connectivity index (χ4v) is 5.26. The van der Waals surface area contributed by atoms with E-state index < -0.39 is 0 Å². The monoisotopic (exact) mass is 423 g/mol. The zero-order valence-electron chi connectivity index (χ0n) is 13.5. The van der Waals surface area contributed by atoms with E-state index in [-0.39, 0.29) is 11.3 Å². The number of ketones is 1. The number of benzene rings is 1. The average Bonchev–Trinajstić information content (AvgIpc) is 2.86. The second-order valence-corrected chi connectivity index (χ2v) is 9.39. The number of carbonyl (C=O) groups is 1. The Kier molecular flexibility index (Phi) is 5.13. The van der Waals surface area contributed by atoms with Crippen LogP contribution in [0, 0.1) is 6.92 Å². The molecule has 2 N–H and O–H groups in total. The van der Waals surface area contributed by atoms with E-state index in [1.807, 2.05) is 19.1 Å². The molecule has 2 heterocycles. The van der Waals surface area contributed by atoms with Gasteiger partial charge in [-0.05, 0) is 47.3 Å². The summed E-state index contributed by atoms with van der Waals surface area (Å²) in [5, 5.41) is 0.635. The SMILES string of the molecule is Cc1nc(Br)sc1C(=O)Cc1cccc([C@]2(C)CCSC(N)=N2)c1. The van der Waals surface area contributed by atoms with Crippen LogP contribution in [0.4, 0.5) is 0 Å². The lowest BCUT2D eigenvalue weighted by Gasteiger charge is -2.30. The molecule has 0 unspecified atom stereocenters. The van der Waals surface area contributed by atoms with Crippen molar-refractivity contribution in [3.63, 3.8) is 0 Å². The van der Waals surface area contributed by atoms with Crippen LogP contribution < -0.4 is 5.73 Å². The lowest BCUT2D eigenvalue weighted by Crippen LogP contribution is -2.28. The summed E-state index contributed by atoms with van der Waals surface area (Å²) in [4.78, 5) is 22.2. The number of rotatable bonds is 4. The second kappa shape index (κ2) is 6.98. The highest BCUT2D eigenvalue weighted by atomic mass is 79.9. The molecule has 1 aromatic heterocycles. The highest BCUT2D eigenvalue weighted by Gasteiger charge is 2.29. The fraction of sp³-hybridized carbons (Fsp3) is 0.353. The number of hydrogen-bond acceptors (Lipinski definition) is 6. The Labute approximate surface area is 158 Å². The van der Waals surface area contributed by atoms with Gasteiger partial charge in [0.1, 0.15) is 0 Å². The van der Waals surface area contributed by atoms with Gasteiger partial charge >= 0.3 is 0 Å². The molecule has 24 heavy (non-hydrogen) atoms. The van der Waals surface area contributed by atoms with Gasteiger partial charge in [0.05, 0.1) is 16.1 Å². The molecule has 4 nitrogen and oxygen atoms in total. The van der Waals surface area contributed by atoms with Crippen molar-refractivity contribution >= 4 is 50.0 Å². The molecular formula is C17H18BrN3OS2. The van der Waals surface area contributed by atoms with Crippen molar-refractivity contribution in [3.05, 3.63) is 49.9 Å². The number of Topliss-reactive ketones (excluding diaryl/α,β-unsaturated/α-hetero) is 1. The van der Waals surface area contributed by atoms with Crippen LogP contribution in [-0.4, -0.2) is 21.7 Å². The van der Waals surface area contributed by atoms with E-state index in [1.165, 1.54) is 11.3 Å². The van der Waals surface area contributed by atoms with Gasteiger partial charge in [0.2, 0.25) is 0 Å². The molecule has 2 aromatic rings. The minimum absolute atomic E-state index is 0.0974. The maximum atomic E-state index is 12.6. The number of nitrogens with zero attached hydrogens (tertiary/aromatic N) is 2. The zero-order valence-corrected chi connectivity index (χ0v) is 16.7. The third-order valence-corrected chi connectivity index (χ3v) is 6.58. The van der Waals surface area contributed by atoms with Crippen LogP contribution in [0.5, 0.6) is 0 Å². The molecule has 0 saturated heterocycles. The van der Waals surface area contributed by atoms with E-state index >= 15 is 0 Å². The van der Waals surface area contributed by atoms with E-state index in [0.717, 1.165) is 37.8 Å². The van der Waals surface area contributed by atoms with Gasteiger partial charge in [0.15, 0.2) is 14.9 Å². The van der Waals surface area contributed by atoms with Gasteiger partial charge in [0.25, 0.3) is 0 Å². The minimum Gasteiger partial charge on any atom is -0.379 e. The van der Waals surface area contributed by atoms with Crippen LogP contribution in [-0.2, 0) is 12.0 Å². The van der Waals surface area contributed by atoms with E-state index in [1.54, 1.807) is 11.8 Å². The van der Waals surface area contributed by atoms with Crippen molar-refractivity contribution < 1.29 is 4.79 Å². The van der Waals surface area contributed by atoms with Gasteiger partial charge in [-0.2, -0.15) is 0 Å². The zero-order chi connectivity index (χ0) is 17.3. The molecule has 0 fully saturated rings. The van der Waals surface area contributed by atoms with E-state index in [2.05, 4.69) is 45.0 Å². The third-order valence-electron chi connectivity index (χ3n) is 4.13. The van der Waals surface area contributed by atoms with Crippen molar-refractivity contribution in [1.82, 2.24) is 4.98 Å². The summed E-state index contributed by atoms with van der Waals surface area (Å²) in [6.07, 6.45) is 1.31. The number of halogens is 1. The Bertz CT molecular complexity index is 818. The summed E-state index contributed by atoms with van der Waals surface area (Å²) in [6.45, 7) is 3.97. The number of thioether (sulfide) groups is 1. The molecule has 7 heteroatoms. The molecule has 1 aromatic carbocycles. The predicted molar refractivity (Wildman–Crippen MR) is 105 cm³/mol. The summed E-state index contributed by atoms with van der Waals surface area (Å²) in [5.74, 6) is 1.06. The van der Waals surface area contributed by atoms with Crippen LogP contribution in [0.1, 0.15) is 39.8 Å². The Morgan fingerprint density at radius 2 is 2.25 bits per heavy atom. The molecule has 126 valence electrons. The Morgan fingerprint density at radius 1 is 1.46 bits per heavy atom. The van der Waals surface area contributed by atoms with Crippen molar-refractivity contribution in [2.75, 3.05) is 5.75 Å². The molecule has 3 rings (SSSR count). The summed E-state index contributed by atoms with van der Waals surface area (Å²) < 4.78 is 0.745. The first-order valence-corrected chi connectivity index (χ1v) is 10.2. The molecule has 0 saturated carbocycles. The first-order valence-electron chi connectivity index (χ1n) is 7.61. The van der Waals surface area contributed by atoms with Crippen molar-refractivity contribution in [3.8, 4) is 0 Å². The smallest absolute Gasteiger partial charge is 0.179 e. The highest BCUT2D eigenvalue weighted by molar-refractivity contribution is 9.11. The predicted octanol–water partition coefficient (Wildman–Crippen LogP) is 4.31. The van der Waals surface area contributed by atoms with Gasteiger partial charge in [-0.15, -0.1) is 11.3 Å². The minimum atomic E-state index is -0.308. The summed E-state index contributed by atoms with van der Waals surface area (Å²) >= 11 is 6.32. The maximum absolute atomic E-state index is 12.6. The number of carbonyl (C=O) groups excluding carboxylic acids is 1. The normalized spacial score (nSPS) is 20.7. The standard InChI is InChI=1S/C17H18BrN3OS2/c1-10-14(24-15(18)20-10)13(22)9-11-4-3-5-12(8-11)17(2)6-7-23-16(19)21-17/h3-5,8H,6-7,9H2,1-2H3,(H2,19,21)/t17-/m0/s1. The van der Waals surface area contributed by atoms with Gasteiger partial charge < -0.3 is 5.73 Å². The topological polar surface area (TPSA) is 68.3 Å². The first-order chi connectivity index (χ1) is 11.4. The summed E-state index contributed by atoms with van der Waals surface area (Å²) in [7, 11) is 0. The molecule has 0 aliphatic carbocycles. The lowest BCUT2D eigenvalue weighted by molar-refractivity contribution is 0.0996. The quantitative estimate of drug-likeness (QED) is 0.743. The van der Waals surface area contributed by atoms with Crippen molar-refractivity contribution in [2.24, 2.45) is 10.7 Å². The van der Waals surface area contributed by atoms with Gasteiger partial charge in [-0.3, -0.25) is 9.79 Å². The summed E-state index contributed by atoms with van der Waals surface area (Å²) in [5.41, 5.74) is 8.49. The Morgan fingerprint density at radius 3 is 2.92 bits per heavy atom. The molecule has 1 aliphatic rings. The van der Waals surface area contributed by atoms with Crippen LogP contribution in [0.25, 0.3) is 0 Å². The van der Waals surface area contributed by atoms with Gasteiger partial charge in [-0.1, -0.05) is 36.0 Å². The van der Waals surface area contributed by atoms with Crippen LogP contribution in [0.3, 0.4) is 0 Å². The number of hydrogen-bond donors (Lipinski definition) is 1. The Hall–Kier alpha value is -1.18. The molecular weight excluding hydrogens is 406 g/mol. The molecule has 1 atom stereocenters. The van der Waals surface area contributed by atoms with E-state index in [4.69, 9.17) is 5.73 Å². The van der Waals surface area contributed by atoms with Crippen molar-refractivity contribution in [2.45, 2.75) is 32.2 Å². The number of thiazole rings is 1. The number of nitrogens with two attached hydrogens (primary N) is 1. The average molecular weight is 424 g/mol. The number of aliphatic imine (C=N–C) groups is 1. The fourth-order valence-electron chi connectivity index (χ4n) is 2.80. The van der Waals surface area contributed by atoms with Gasteiger partial charge in [0, 0.05) is 12.2 Å². The highest BCUT2D eigenvalue weighted by Crippen LogP contribution is 2.35. The molecule has 0 bridgehead atoms.